The van der Waals surface area contributed by atoms with E-state index >= 15 is 0 Å². The van der Waals surface area contributed by atoms with Gasteiger partial charge in [0.1, 0.15) is 5.75 Å². The molecule has 94 valence electrons. The molecule has 0 fully saturated rings. The van der Waals surface area contributed by atoms with E-state index in [1.165, 1.54) is 0 Å². The van der Waals surface area contributed by atoms with E-state index in [4.69, 9.17) is 16.3 Å². The van der Waals surface area contributed by atoms with Gasteiger partial charge in [-0.15, -0.1) is 0 Å². The third-order valence-electron chi connectivity index (χ3n) is 2.38. The fourth-order valence-electron chi connectivity index (χ4n) is 1.53. The highest BCUT2D eigenvalue weighted by atomic mass is 35.5. The van der Waals surface area contributed by atoms with Gasteiger partial charge in [0.15, 0.2) is 0 Å². The van der Waals surface area contributed by atoms with Gasteiger partial charge in [-0.05, 0) is 30.7 Å². The minimum absolute atomic E-state index is 0.384. The van der Waals surface area contributed by atoms with Crippen molar-refractivity contribution in [1.29, 1.82) is 0 Å². The molecule has 0 saturated carbocycles. The monoisotopic (exact) mass is 265 g/mol. The molecule has 1 N–H and O–H groups in total. The van der Waals surface area contributed by atoms with E-state index in [0.29, 0.717) is 27.9 Å². The van der Waals surface area contributed by atoms with Gasteiger partial charge in [0.05, 0.1) is 22.2 Å². The molecule has 0 atom stereocenters. The van der Waals surface area contributed by atoms with E-state index < -0.39 is 5.63 Å². The van der Waals surface area contributed by atoms with Crippen LogP contribution in [0, 0.1) is 0 Å². The van der Waals surface area contributed by atoms with Crippen molar-refractivity contribution < 1.29 is 9.26 Å². The highest BCUT2D eigenvalue weighted by molar-refractivity contribution is 6.32. The van der Waals surface area contributed by atoms with Crippen molar-refractivity contribution in [2.24, 2.45) is 0 Å². The quantitative estimate of drug-likeness (QED) is 0.909. The number of ether oxygens (including phenoxy) is 1. The number of aromatic amines is 1. The molecular weight excluding hydrogens is 254 g/mol. The van der Waals surface area contributed by atoms with Crippen molar-refractivity contribution >= 4 is 24.3 Å². The summed E-state index contributed by atoms with van der Waals surface area (Å²) < 4.78 is 9.96. The molecule has 2 rings (SSSR count). The number of rotatable bonds is 3. The summed E-state index contributed by atoms with van der Waals surface area (Å²) in [5.74, 6) is 0.618. The van der Waals surface area contributed by atoms with Crippen LogP contribution in [0.4, 0.5) is 0 Å². The van der Waals surface area contributed by atoms with Crippen molar-refractivity contribution in [3.63, 3.8) is 0 Å². The van der Waals surface area contributed by atoms with E-state index in [1.807, 2.05) is 13.0 Å². The Morgan fingerprint density at radius 1 is 1.56 bits per heavy atom. The molecule has 0 aliphatic rings. The summed E-state index contributed by atoms with van der Waals surface area (Å²) in [5.41, 5.74) is 0.324. The Morgan fingerprint density at radius 3 is 2.89 bits per heavy atom. The zero-order valence-corrected chi connectivity index (χ0v) is 10.6. The summed E-state index contributed by atoms with van der Waals surface area (Å²) in [6.45, 7) is 6.10. The molecule has 0 aliphatic heterocycles. The molecule has 0 saturated heterocycles. The Balaban J connectivity index is 2.49. The van der Waals surface area contributed by atoms with Gasteiger partial charge in [0, 0.05) is 0 Å². The van der Waals surface area contributed by atoms with E-state index in [2.05, 4.69) is 16.3 Å². The number of aromatic nitrogens is 1. The maximum absolute atomic E-state index is 11.4. The molecule has 2 aromatic rings. The van der Waals surface area contributed by atoms with E-state index in [9.17, 15) is 4.79 Å². The summed E-state index contributed by atoms with van der Waals surface area (Å²) in [7, 11) is 0. The van der Waals surface area contributed by atoms with Crippen molar-refractivity contribution in [2.75, 3.05) is 6.61 Å². The first-order chi connectivity index (χ1) is 8.61. The van der Waals surface area contributed by atoms with Crippen LogP contribution in [-0.4, -0.2) is 11.8 Å². The van der Waals surface area contributed by atoms with Gasteiger partial charge in [-0.1, -0.05) is 24.2 Å². The SMILES string of the molecule is C=c1[nH]oc(=O)c1=Cc1ccc(OCC)c(Cl)c1. The van der Waals surface area contributed by atoms with Gasteiger partial charge in [-0.25, -0.2) is 9.95 Å². The molecule has 0 radical (unpaired) electrons. The van der Waals surface area contributed by atoms with Crippen LogP contribution >= 0.6 is 11.6 Å². The summed E-state index contributed by atoms with van der Waals surface area (Å²) in [5, 5.41) is 3.73. The van der Waals surface area contributed by atoms with Crippen LogP contribution in [0.3, 0.4) is 0 Å². The van der Waals surface area contributed by atoms with Gasteiger partial charge < -0.3 is 9.26 Å². The van der Waals surface area contributed by atoms with Crippen LogP contribution in [0.5, 0.6) is 5.75 Å². The van der Waals surface area contributed by atoms with Crippen molar-refractivity contribution in [1.82, 2.24) is 5.16 Å². The Kier molecular flexibility index (Phi) is 3.58. The van der Waals surface area contributed by atoms with Crippen molar-refractivity contribution in [3.8, 4) is 5.75 Å². The van der Waals surface area contributed by atoms with Crippen LogP contribution < -0.4 is 20.9 Å². The van der Waals surface area contributed by atoms with E-state index in [-0.39, 0.29) is 0 Å². The number of halogens is 1. The van der Waals surface area contributed by atoms with Crippen LogP contribution in [0.2, 0.25) is 5.02 Å². The van der Waals surface area contributed by atoms with Gasteiger partial charge in [-0.3, -0.25) is 0 Å². The summed E-state index contributed by atoms with van der Waals surface area (Å²) in [4.78, 5) is 11.4. The van der Waals surface area contributed by atoms with Crippen molar-refractivity contribution in [2.45, 2.75) is 6.92 Å². The number of hydrogen-bond donors (Lipinski definition) is 1. The lowest BCUT2D eigenvalue weighted by Crippen LogP contribution is -2.31. The first kappa shape index (κ1) is 12.5. The van der Waals surface area contributed by atoms with Gasteiger partial charge in [0.25, 0.3) is 0 Å². The molecule has 4 nitrogen and oxygen atoms in total. The fourth-order valence-corrected chi connectivity index (χ4v) is 1.78. The summed E-state index contributed by atoms with van der Waals surface area (Å²) in [6.07, 6.45) is 1.66. The van der Waals surface area contributed by atoms with E-state index in [0.717, 1.165) is 5.56 Å². The molecule has 0 unspecified atom stereocenters. The predicted molar refractivity (Wildman–Crippen MR) is 70.3 cm³/mol. The zero-order valence-electron chi connectivity index (χ0n) is 9.83. The Bertz CT molecular complexity index is 684. The molecule has 1 heterocycles. The number of benzene rings is 1. The Morgan fingerprint density at radius 2 is 2.33 bits per heavy atom. The molecule has 0 spiro atoms. The fraction of sp³-hybridized carbons (Fsp3) is 0.154. The minimum Gasteiger partial charge on any atom is -0.492 e. The van der Waals surface area contributed by atoms with Crippen LogP contribution in [0.25, 0.3) is 12.7 Å². The second-order valence-corrected chi connectivity index (χ2v) is 4.06. The molecule has 0 aliphatic carbocycles. The second kappa shape index (κ2) is 5.14. The molecule has 5 heteroatoms. The third kappa shape index (κ3) is 2.49. The van der Waals surface area contributed by atoms with Crippen LogP contribution in [-0.2, 0) is 0 Å². The first-order valence-corrected chi connectivity index (χ1v) is 5.80. The molecule has 0 bridgehead atoms. The number of hydrogen-bond acceptors (Lipinski definition) is 3. The van der Waals surface area contributed by atoms with E-state index in [1.54, 1.807) is 18.2 Å². The Hall–Kier alpha value is -1.94. The predicted octanol–water partition coefficient (Wildman–Crippen LogP) is 1.26. The maximum Gasteiger partial charge on any atom is 0.365 e. The second-order valence-electron chi connectivity index (χ2n) is 3.65. The average Bonchev–Trinajstić information content (AvgIpc) is 2.65. The molecule has 1 aromatic carbocycles. The zero-order chi connectivity index (χ0) is 13.1. The van der Waals surface area contributed by atoms with Crippen LogP contribution in [0.1, 0.15) is 12.5 Å². The standard InChI is InChI=1S/C13H12ClNO3/c1-3-17-12-5-4-9(7-11(12)14)6-10-8(2)15-18-13(10)16/h4-7,15H,2-3H2,1H3. The lowest BCUT2D eigenvalue weighted by atomic mass is 10.2. The molecule has 18 heavy (non-hydrogen) atoms. The molecular formula is C13H12ClNO3. The topological polar surface area (TPSA) is 55.2 Å². The number of nitrogens with one attached hydrogen (secondary N) is 1. The smallest absolute Gasteiger partial charge is 0.365 e. The molecule has 1 aromatic heterocycles. The molecule has 0 amide bonds. The average molecular weight is 266 g/mol. The Labute approximate surface area is 108 Å². The first-order valence-electron chi connectivity index (χ1n) is 5.42. The normalized spacial score (nSPS) is 11.8. The van der Waals surface area contributed by atoms with Gasteiger partial charge >= 0.3 is 5.63 Å². The maximum atomic E-state index is 11.4. The minimum atomic E-state index is -0.454. The largest absolute Gasteiger partial charge is 0.492 e. The summed E-state index contributed by atoms with van der Waals surface area (Å²) in [6, 6.07) is 5.29. The van der Waals surface area contributed by atoms with Crippen molar-refractivity contribution in [3.05, 3.63) is 49.8 Å². The van der Waals surface area contributed by atoms with Crippen LogP contribution in [0.15, 0.2) is 27.5 Å². The third-order valence-corrected chi connectivity index (χ3v) is 2.67. The highest BCUT2D eigenvalue weighted by Gasteiger charge is 2.02. The van der Waals surface area contributed by atoms with Gasteiger partial charge in [0.2, 0.25) is 0 Å². The lowest BCUT2D eigenvalue weighted by Gasteiger charge is -2.05. The number of H-pyrrole nitrogens is 1. The lowest BCUT2D eigenvalue weighted by molar-refractivity contribution is 0.340. The highest BCUT2D eigenvalue weighted by Crippen LogP contribution is 2.25. The summed E-state index contributed by atoms with van der Waals surface area (Å²) >= 11 is 6.06. The van der Waals surface area contributed by atoms with Gasteiger partial charge in [-0.2, -0.15) is 0 Å².